The fourth-order valence-electron chi connectivity index (χ4n) is 1.41. The fraction of sp³-hybridized carbons (Fsp3) is 1.00. The van der Waals surface area contributed by atoms with Gasteiger partial charge in [0.25, 0.3) is 0 Å². The van der Waals surface area contributed by atoms with Gasteiger partial charge in [0, 0.05) is 6.54 Å². The summed E-state index contributed by atoms with van der Waals surface area (Å²) in [5, 5.41) is 0. The summed E-state index contributed by atoms with van der Waals surface area (Å²) in [6, 6.07) is 0. The van der Waals surface area contributed by atoms with Gasteiger partial charge in [0.15, 0.2) is 0 Å². The van der Waals surface area contributed by atoms with Crippen LogP contribution in [0.25, 0.3) is 0 Å². The Morgan fingerprint density at radius 1 is 0.933 bits per heavy atom. The molecule has 3 heteroatoms. The largest absolute Gasteiger partial charge is 0.373 e. The predicted molar refractivity (Wildman–Crippen MR) is 64.0 cm³/mol. The zero-order valence-corrected chi connectivity index (χ0v) is 10.9. The Hall–Kier alpha value is -0.120. The summed E-state index contributed by atoms with van der Waals surface area (Å²) in [5.41, 5.74) is 5.49. The third-order valence-electron chi connectivity index (χ3n) is 2.69. The van der Waals surface area contributed by atoms with E-state index in [1.165, 1.54) is 0 Å². The lowest BCUT2D eigenvalue weighted by Gasteiger charge is -2.31. The number of ether oxygens (including phenoxy) is 2. The Labute approximate surface area is 94.3 Å². The van der Waals surface area contributed by atoms with Crippen molar-refractivity contribution in [3.8, 4) is 0 Å². The summed E-state index contributed by atoms with van der Waals surface area (Å²) in [6.45, 7) is 12.2. The van der Waals surface area contributed by atoms with Crippen molar-refractivity contribution in [1.82, 2.24) is 0 Å². The molecule has 0 aromatic heterocycles. The van der Waals surface area contributed by atoms with E-state index in [1.54, 1.807) is 0 Å². The molecule has 0 unspecified atom stereocenters. The number of nitrogens with two attached hydrogens (primary N) is 1. The van der Waals surface area contributed by atoms with Gasteiger partial charge in [-0.05, 0) is 33.6 Å². The van der Waals surface area contributed by atoms with Crippen LogP contribution in [0.4, 0.5) is 0 Å². The van der Waals surface area contributed by atoms with Crippen LogP contribution in [0.2, 0.25) is 0 Å². The molecule has 0 atom stereocenters. The molecule has 0 rings (SSSR count). The van der Waals surface area contributed by atoms with Gasteiger partial charge in [-0.25, -0.2) is 0 Å². The van der Waals surface area contributed by atoms with E-state index >= 15 is 0 Å². The topological polar surface area (TPSA) is 44.5 Å². The van der Waals surface area contributed by atoms with E-state index in [9.17, 15) is 0 Å². The molecule has 0 aliphatic heterocycles. The first-order valence-corrected chi connectivity index (χ1v) is 5.87. The van der Waals surface area contributed by atoms with Crippen LogP contribution in [0.15, 0.2) is 0 Å². The van der Waals surface area contributed by atoms with Gasteiger partial charge in [0.05, 0.1) is 24.4 Å². The summed E-state index contributed by atoms with van der Waals surface area (Å²) < 4.78 is 11.4. The Bertz CT molecular complexity index is 151. The molecule has 92 valence electrons. The average Bonchev–Trinajstić information content (AvgIpc) is 2.18. The minimum atomic E-state index is -0.152. The van der Waals surface area contributed by atoms with E-state index in [4.69, 9.17) is 15.2 Å². The van der Waals surface area contributed by atoms with Crippen molar-refractivity contribution >= 4 is 0 Å². The van der Waals surface area contributed by atoms with Gasteiger partial charge in [-0.15, -0.1) is 0 Å². The average molecular weight is 217 g/mol. The van der Waals surface area contributed by atoms with Crippen LogP contribution >= 0.6 is 0 Å². The van der Waals surface area contributed by atoms with Crippen molar-refractivity contribution in [2.45, 2.75) is 58.7 Å². The maximum Gasteiger partial charge on any atom is 0.0800 e. The smallest absolute Gasteiger partial charge is 0.0800 e. The SMILES string of the molecule is CCC(CC)(CN)OCCOC(C)(C)C. The summed E-state index contributed by atoms with van der Waals surface area (Å²) in [5.74, 6) is 0. The highest BCUT2D eigenvalue weighted by Crippen LogP contribution is 2.18. The molecular formula is C12H27NO2. The second-order valence-corrected chi connectivity index (χ2v) is 4.90. The number of hydrogen-bond donors (Lipinski definition) is 1. The van der Waals surface area contributed by atoms with Gasteiger partial charge in [-0.3, -0.25) is 0 Å². The van der Waals surface area contributed by atoms with E-state index in [1.807, 2.05) is 20.8 Å². The van der Waals surface area contributed by atoms with Crippen molar-refractivity contribution in [1.29, 1.82) is 0 Å². The third-order valence-corrected chi connectivity index (χ3v) is 2.69. The molecule has 0 heterocycles. The van der Waals surface area contributed by atoms with Crippen LogP contribution in [0.1, 0.15) is 47.5 Å². The summed E-state index contributed by atoms with van der Waals surface area (Å²) >= 11 is 0. The second kappa shape index (κ2) is 6.46. The monoisotopic (exact) mass is 217 g/mol. The van der Waals surface area contributed by atoms with Crippen LogP contribution in [0.5, 0.6) is 0 Å². The highest BCUT2D eigenvalue weighted by atomic mass is 16.5. The van der Waals surface area contributed by atoms with Gasteiger partial charge in [0.1, 0.15) is 0 Å². The standard InChI is InChI=1S/C12H27NO2/c1-6-12(7-2,10-13)15-9-8-14-11(3,4)5/h6-10,13H2,1-5H3. The van der Waals surface area contributed by atoms with E-state index in [0.29, 0.717) is 19.8 Å². The molecule has 0 bridgehead atoms. The molecule has 15 heavy (non-hydrogen) atoms. The number of hydrogen-bond acceptors (Lipinski definition) is 3. The molecular weight excluding hydrogens is 190 g/mol. The van der Waals surface area contributed by atoms with Crippen LogP contribution in [-0.2, 0) is 9.47 Å². The molecule has 3 nitrogen and oxygen atoms in total. The van der Waals surface area contributed by atoms with Gasteiger partial charge in [0.2, 0.25) is 0 Å². The normalized spacial score (nSPS) is 13.2. The van der Waals surface area contributed by atoms with E-state index in [2.05, 4.69) is 13.8 Å². The summed E-state index contributed by atoms with van der Waals surface area (Å²) in [6.07, 6.45) is 1.91. The van der Waals surface area contributed by atoms with Crippen molar-refractivity contribution in [3.63, 3.8) is 0 Å². The third kappa shape index (κ3) is 6.13. The second-order valence-electron chi connectivity index (χ2n) is 4.90. The number of rotatable bonds is 7. The van der Waals surface area contributed by atoms with Crippen molar-refractivity contribution in [2.75, 3.05) is 19.8 Å². The highest BCUT2D eigenvalue weighted by Gasteiger charge is 2.24. The van der Waals surface area contributed by atoms with Crippen LogP contribution in [-0.4, -0.2) is 31.0 Å². The van der Waals surface area contributed by atoms with Crippen LogP contribution in [0.3, 0.4) is 0 Å². The molecule has 0 radical (unpaired) electrons. The van der Waals surface area contributed by atoms with Gasteiger partial charge in [-0.2, -0.15) is 0 Å². The van der Waals surface area contributed by atoms with Crippen molar-refractivity contribution in [2.24, 2.45) is 5.73 Å². The van der Waals surface area contributed by atoms with E-state index in [-0.39, 0.29) is 11.2 Å². The molecule has 0 aliphatic rings. The van der Waals surface area contributed by atoms with Crippen molar-refractivity contribution in [3.05, 3.63) is 0 Å². The maximum absolute atomic E-state index is 5.82. The quantitative estimate of drug-likeness (QED) is 0.666. The molecule has 0 amide bonds. The first-order valence-electron chi connectivity index (χ1n) is 5.87. The van der Waals surface area contributed by atoms with Crippen molar-refractivity contribution < 1.29 is 9.47 Å². The molecule has 0 saturated heterocycles. The van der Waals surface area contributed by atoms with Gasteiger partial charge >= 0.3 is 0 Å². The van der Waals surface area contributed by atoms with E-state index < -0.39 is 0 Å². The van der Waals surface area contributed by atoms with Gasteiger partial charge < -0.3 is 15.2 Å². The molecule has 0 aromatic rings. The first kappa shape index (κ1) is 14.9. The lowest BCUT2D eigenvalue weighted by molar-refractivity contribution is -0.0915. The van der Waals surface area contributed by atoms with Crippen LogP contribution in [0, 0.1) is 0 Å². The Morgan fingerprint density at radius 3 is 1.73 bits per heavy atom. The molecule has 0 aliphatic carbocycles. The predicted octanol–water partition coefficient (Wildman–Crippen LogP) is 2.34. The zero-order chi connectivity index (χ0) is 11.9. The Morgan fingerprint density at radius 2 is 1.40 bits per heavy atom. The molecule has 0 saturated carbocycles. The summed E-state index contributed by atoms with van der Waals surface area (Å²) in [7, 11) is 0. The Kier molecular flexibility index (Phi) is 6.41. The van der Waals surface area contributed by atoms with Gasteiger partial charge in [-0.1, -0.05) is 13.8 Å². The lowest BCUT2D eigenvalue weighted by Crippen LogP contribution is -2.40. The first-order chi connectivity index (χ1) is 6.89. The fourth-order valence-corrected chi connectivity index (χ4v) is 1.41. The molecule has 2 N–H and O–H groups in total. The molecule has 0 spiro atoms. The molecule has 0 fully saturated rings. The zero-order valence-electron chi connectivity index (χ0n) is 10.9. The highest BCUT2D eigenvalue weighted by molar-refractivity contribution is 4.78. The molecule has 0 aromatic carbocycles. The minimum absolute atomic E-state index is 0.0901. The summed E-state index contributed by atoms with van der Waals surface area (Å²) in [4.78, 5) is 0. The lowest BCUT2D eigenvalue weighted by atomic mass is 9.97. The minimum Gasteiger partial charge on any atom is -0.373 e. The Balaban J connectivity index is 3.82. The maximum atomic E-state index is 5.82. The van der Waals surface area contributed by atoms with E-state index in [0.717, 1.165) is 12.8 Å². The van der Waals surface area contributed by atoms with Crippen LogP contribution < -0.4 is 5.73 Å².